The number of anilines is 1. The Labute approximate surface area is 132 Å². The average molecular weight is 331 g/mol. The predicted octanol–water partition coefficient (Wildman–Crippen LogP) is 2.36. The number of benzene rings is 1. The molecule has 8 heteroatoms. The van der Waals surface area contributed by atoms with Crippen molar-refractivity contribution in [2.24, 2.45) is 5.73 Å². The standard InChI is InChI=1S/C15H20F3N3O2/c1-21(2)14(23)5-3-4-13(22)20-12-7-10(9-19)6-11(8-12)15(16,17)18/h6-8H,3-5,9,19H2,1-2H3,(H,20,22). The molecule has 0 saturated heterocycles. The third-order valence-corrected chi connectivity index (χ3v) is 3.13. The first-order chi connectivity index (χ1) is 10.6. The van der Waals surface area contributed by atoms with E-state index in [-0.39, 0.29) is 36.5 Å². The molecule has 0 aliphatic carbocycles. The van der Waals surface area contributed by atoms with E-state index in [9.17, 15) is 22.8 Å². The summed E-state index contributed by atoms with van der Waals surface area (Å²) in [6.45, 7) is -0.0654. The number of carbonyl (C=O) groups is 2. The summed E-state index contributed by atoms with van der Waals surface area (Å²) in [7, 11) is 3.22. The molecule has 0 fully saturated rings. The zero-order chi connectivity index (χ0) is 17.6. The SMILES string of the molecule is CN(C)C(=O)CCCC(=O)Nc1cc(CN)cc(C(F)(F)F)c1. The third-order valence-electron chi connectivity index (χ3n) is 3.13. The molecule has 23 heavy (non-hydrogen) atoms. The topological polar surface area (TPSA) is 75.4 Å². The van der Waals surface area contributed by atoms with E-state index in [1.54, 1.807) is 14.1 Å². The van der Waals surface area contributed by atoms with Gasteiger partial charge in [-0.25, -0.2) is 0 Å². The van der Waals surface area contributed by atoms with Gasteiger partial charge in [-0.3, -0.25) is 9.59 Å². The van der Waals surface area contributed by atoms with E-state index in [4.69, 9.17) is 5.73 Å². The fraction of sp³-hybridized carbons (Fsp3) is 0.467. The van der Waals surface area contributed by atoms with Gasteiger partial charge in [-0.05, 0) is 30.2 Å². The fourth-order valence-corrected chi connectivity index (χ4v) is 1.89. The molecule has 1 rings (SSSR count). The summed E-state index contributed by atoms with van der Waals surface area (Å²) < 4.78 is 38.4. The van der Waals surface area contributed by atoms with E-state index < -0.39 is 17.6 Å². The van der Waals surface area contributed by atoms with Crippen LogP contribution in [0.2, 0.25) is 0 Å². The molecule has 0 spiro atoms. The van der Waals surface area contributed by atoms with Crippen LogP contribution in [0, 0.1) is 0 Å². The predicted molar refractivity (Wildman–Crippen MR) is 80.5 cm³/mol. The number of amides is 2. The zero-order valence-corrected chi connectivity index (χ0v) is 13.0. The number of hydrogen-bond donors (Lipinski definition) is 2. The molecule has 0 saturated carbocycles. The van der Waals surface area contributed by atoms with Gasteiger partial charge in [-0.15, -0.1) is 0 Å². The summed E-state index contributed by atoms with van der Waals surface area (Å²) in [5, 5.41) is 2.41. The fourth-order valence-electron chi connectivity index (χ4n) is 1.89. The molecule has 0 aliphatic rings. The van der Waals surface area contributed by atoms with Crippen molar-refractivity contribution in [3.63, 3.8) is 0 Å². The van der Waals surface area contributed by atoms with Gasteiger partial charge in [0.05, 0.1) is 5.56 Å². The van der Waals surface area contributed by atoms with E-state index in [0.717, 1.165) is 12.1 Å². The number of rotatable bonds is 6. The van der Waals surface area contributed by atoms with Crippen LogP contribution in [0.5, 0.6) is 0 Å². The second-order valence-electron chi connectivity index (χ2n) is 5.31. The molecule has 0 radical (unpaired) electrons. The van der Waals surface area contributed by atoms with Gasteiger partial charge in [0.25, 0.3) is 0 Å². The van der Waals surface area contributed by atoms with Gasteiger partial charge in [0.15, 0.2) is 0 Å². The molecule has 1 aromatic rings. The Balaban J connectivity index is 2.69. The molecule has 3 N–H and O–H groups in total. The lowest BCUT2D eigenvalue weighted by atomic mass is 10.1. The molecule has 0 atom stereocenters. The Morgan fingerprint density at radius 2 is 1.83 bits per heavy atom. The maximum atomic E-state index is 12.8. The van der Waals surface area contributed by atoms with Crippen molar-refractivity contribution in [3.8, 4) is 0 Å². The highest BCUT2D eigenvalue weighted by molar-refractivity contribution is 5.91. The molecule has 5 nitrogen and oxygen atoms in total. The first-order valence-electron chi connectivity index (χ1n) is 7.04. The normalized spacial score (nSPS) is 11.2. The van der Waals surface area contributed by atoms with Crippen LogP contribution in [0.1, 0.15) is 30.4 Å². The van der Waals surface area contributed by atoms with Crippen molar-refractivity contribution >= 4 is 17.5 Å². The summed E-state index contributed by atoms with van der Waals surface area (Å²) >= 11 is 0. The minimum atomic E-state index is -4.51. The molecule has 128 valence electrons. The van der Waals surface area contributed by atoms with Gasteiger partial charge >= 0.3 is 6.18 Å². The molecule has 2 amide bonds. The highest BCUT2D eigenvalue weighted by atomic mass is 19.4. The number of nitrogens with one attached hydrogen (secondary N) is 1. The minimum absolute atomic E-state index is 0.0456. The summed E-state index contributed by atoms with van der Waals surface area (Å²) in [6, 6.07) is 3.21. The first kappa shape index (κ1) is 19.0. The summed E-state index contributed by atoms with van der Waals surface area (Å²) in [4.78, 5) is 24.6. The number of halogens is 3. The van der Waals surface area contributed by atoms with Gasteiger partial charge in [0, 0.05) is 39.2 Å². The maximum Gasteiger partial charge on any atom is 0.416 e. The molecule has 0 aliphatic heterocycles. The molecule has 1 aromatic carbocycles. The zero-order valence-electron chi connectivity index (χ0n) is 13.0. The van der Waals surface area contributed by atoms with Crippen molar-refractivity contribution in [2.45, 2.75) is 32.0 Å². The van der Waals surface area contributed by atoms with Crippen LogP contribution in [0.25, 0.3) is 0 Å². The second-order valence-corrected chi connectivity index (χ2v) is 5.31. The lowest BCUT2D eigenvalue weighted by Crippen LogP contribution is -2.22. The lowest BCUT2D eigenvalue weighted by Gasteiger charge is -2.13. The largest absolute Gasteiger partial charge is 0.416 e. The molecule has 0 aromatic heterocycles. The third kappa shape index (κ3) is 6.27. The van der Waals surface area contributed by atoms with E-state index in [2.05, 4.69) is 5.32 Å². The van der Waals surface area contributed by atoms with Crippen LogP contribution in [-0.2, 0) is 22.3 Å². The maximum absolute atomic E-state index is 12.8. The van der Waals surface area contributed by atoms with E-state index >= 15 is 0 Å². The Hall–Kier alpha value is -2.09. The molecular formula is C15H20F3N3O2. The van der Waals surface area contributed by atoms with Crippen LogP contribution < -0.4 is 11.1 Å². The number of carbonyl (C=O) groups excluding carboxylic acids is 2. The highest BCUT2D eigenvalue weighted by Gasteiger charge is 2.31. The average Bonchev–Trinajstić information content (AvgIpc) is 2.45. The molecular weight excluding hydrogens is 311 g/mol. The minimum Gasteiger partial charge on any atom is -0.349 e. The van der Waals surface area contributed by atoms with Gasteiger partial charge < -0.3 is 16.0 Å². The van der Waals surface area contributed by atoms with Crippen molar-refractivity contribution in [3.05, 3.63) is 29.3 Å². The van der Waals surface area contributed by atoms with E-state index in [0.29, 0.717) is 6.42 Å². The molecule has 0 bridgehead atoms. The van der Waals surface area contributed by atoms with Crippen LogP contribution in [-0.4, -0.2) is 30.8 Å². The van der Waals surface area contributed by atoms with Crippen molar-refractivity contribution in [2.75, 3.05) is 19.4 Å². The first-order valence-corrected chi connectivity index (χ1v) is 7.04. The number of nitrogens with two attached hydrogens (primary N) is 1. The van der Waals surface area contributed by atoms with Crippen molar-refractivity contribution in [1.29, 1.82) is 0 Å². The number of nitrogens with zero attached hydrogens (tertiary/aromatic N) is 1. The Kier molecular flexibility index (Phi) is 6.56. The monoisotopic (exact) mass is 331 g/mol. The Morgan fingerprint density at radius 1 is 1.17 bits per heavy atom. The Morgan fingerprint density at radius 3 is 2.35 bits per heavy atom. The molecule has 0 unspecified atom stereocenters. The van der Waals surface area contributed by atoms with Crippen molar-refractivity contribution in [1.82, 2.24) is 4.90 Å². The van der Waals surface area contributed by atoms with E-state index in [1.165, 1.54) is 11.0 Å². The van der Waals surface area contributed by atoms with E-state index in [1.807, 2.05) is 0 Å². The number of alkyl halides is 3. The quantitative estimate of drug-likeness (QED) is 0.840. The van der Waals surface area contributed by atoms with Crippen LogP contribution in [0.3, 0.4) is 0 Å². The second kappa shape index (κ2) is 7.96. The van der Waals surface area contributed by atoms with Crippen molar-refractivity contribution < 1.29 is 22.8 Å². The highest BCUT2D eigenvalue weighted by Crippen LogP contribution is 2.32. The van der Waals surface area contributed by atoms with Gasteiger partial charge in [-0.2, -0.15) is 13.2 Å². The van der Waals surface area contributed by atoms with Gasteiger partial charge in [-0.1, -0.05) is 0 Å². The van der Waals surface area contributed by atoms with Gasteiger partial charge in [0.2, 0.25) is 11.8 Å². The van der Waals surface area contributed by atoms with Gasteiger partial charge in [0.1, 0.15) is 0 Å². The lowest BCUT2D eigenvalue weighted by molar-refractivity contribution is -0.137. The summed E-state index contributed by atoms with van der Waals surface area (Å²) in [5.74, 6) is -0.555. The molecule has 0 heterocycles. The van der Waals surface area contributed by atoms with Crippen LogP contribution in [0.15, 0.2) is 18.2 Å². The Bertz CT molecular complexity index is 572. The summed E-state index contributed by atoms with van der Waals surface area (Å²) in [6.07, 6.45) is -3.93. The smallest absolute Gasteiger partial charge is 0.349 e. The van der Waals surface area contributed by atoms with Crippen LogP contribution in [0.4, 0.5) is 18.9 Å². The van der Waals surface area contributed by atoms with Crippen LogP contribution >= 0.6 is 0 Å². The summed E-state index contributed by atoms with van der Waals surface area (Å²) in [5.41, 5.74) is 4.84. The number of hydrogen-bond acceptors (Lipinski definition) is 3.